The summed E-state index contributed by atoms with van der Waals surface area (Å²) in [5.41, 5.74) is 1.15. The van der Waals surface area contributed by atoms with E-state index in [1.807, 2.05) is 25.1 Å². The maximum Gasteiger partial charge on any atom is 0.330 e. The van der Waals surface area contributed by atoms with Crippen molar-refractivity contribution in [2.75, 3.05) is 43.4 Å². The smallest absolute Gasteiger partial charge is 0.330 e. The summed E-state index contributed by atoms with van der Waals surface area (Å²) in [6.07, 6.45) is 1.23. The van der Waals surface area contributed by atoms with Crippen molar-refractivity contribution in [1.29, 1.82) is 0 Å². The predicted molar refractivity (Wildman–Crippen MR) is 107 cm³/mol. The van der Waals surface area contributed by atoms with Crippen molar-refractivity contribution in [3.8, 4) is 0 Å². The molecule has 0 saturated carbocycles. The number of nitrogens with zero attached hydrogens (tertiary/aromatic N) is 3. The van der Waals surface area contributed by atoms with Gasteiger partial charge in [0, 0.05) is 44.0 Å². The Morgan fingerprint density at radius 3 is 2.61 bits per heavy atom. The minimum Gasteiger partial charge on any atom is -0.454 e. The molecule has 0 bridgehead atoms. The molecule has 7 nitrogen and oxygen atoms in total. The highest BCUT2D eigenvalue weighted by Gasteiger charge is 2.53. The highest BCUT2D eigenvalue weighted by molar-refractivity contribution is 8.01. The number of esters is 1. The first-order chi connectivity index (χ1) is 13.5. The third-order valence-electron chi connectivity index (χ3n) is 5.81. The highest BCUT2D eigenvalue weighted by Crippen LogP contribution is 2.47. The number of para-hydroxylation sites is 1. The Labute approximate surface area is 169 Å². The van der Waals surface area contributed by atoms with E-state index in [0.717, 1.165) is 25.2 Å². The third kappa shape index (κ3) is 3.57. The Morgan fingerprint density at radius 1 is 1.18 bits per heavy atom. The standard InChI is InChI=1S/C20H25N3O4S/c1-20-8-7-17(24)23(20)16(14-28-20)19(26)27-13-18(25)22-11-9-21(10-12-22)15-5-3-2-4-6-15/h2-6,16H,7-14H2,1H3/t16-,20+/m1/s1. The third-order valence-corrected chi connectivity index (χ3v) is 7.31. The van der Waals surface area contributed by atoms with Gasteiger partial charge in [-0.2, -0.15) is 0 Å². The van der Waals surface area contributed by atoms with Crippen LogP contribution in [-0.2, 0) is 19.1 Å². The van der Waals surface area contributed by atoms with E-state index in [-0.39, 0.29) is 23.3 Å². The van der Waals surface area contributed by atoms with Crippen LogP contribution < -0.4 is 4.90 Å². The Morgan fingerprint density at radius 2 is 1.89 bits per heavy atom. The van der Waals surface area contributed by atoms with Crippen LogP contribution in [0.4, 0.5) is 5.69 Å². The Bertz CT molecular complexity index is 766. The van der Waals surface area contributed by atoms with Crippen molar-refractivity contribution in [2.24, 2.45) is 0 Å². The second-order valence-electron chi connectivity index (χ2n) is 7.58. The molecule has 2 atom stereocenters. The molecule has 1 aromatic rings. The molecule has 150 valence electrons. The van der Waals surface area contributed by atoms with Gasteiger partial charge in [0.2, 0.25) is 5.91 Å². The molecule has 4 rings (SSSR count). The van der Waals surface area contributed by atoms with Gasteiger partial charge in [-0.25, -0.2) is 4.79 Å². The molecular formula is C20H25N3O4S. The van der Waals surface area contributed by atoms with Crippen molar-refractivity contribution in [3.63, 3.8) is 0 Å². The second-order valence-corrected chi connectivity index (χ2v) is 9.08. The van der Waals surface area contributed by atoms with Gasteiger partial charge in [-0.3, -0.25) is 9.59 Å². The zero-order valence-electron chi connectivity index (χ0n) is 16.0. The maximum absolute atomic E-state index is 12.5. The van der Waals surface area contributed by atoms with Gasteiger partial charge in [-0.1, -0.05) is 18.2 Å². The number of rotatable bonds is 4. The molecule has 3 heterocycles. The maximum atomic E-state index is 12.5. The highest BCUT2D eigenvalue weighted by atomic mass is 32.2. The summed E-state index contributed by atoms with van der Waals surface area (Å²) in [7, 11) is 0. The molecule has 3 fully saturated rings. The van der Waals surface area contributed by atoms with E-state index >= 15 is 0 Å². The van der Waals surface area contributed by atoms with Crippen LogP contribution in [0.25, 0.3) is 0 Å². The lowest BCUT2D eigenvalue weighted by Crippen LogP contribution is -2.50. The van der Waals surface area contributed by atoms with Crippen LogP contribution in [0.1, 0.15) is 19.8 Å². The molecule has 0 unspecified atom stereocenters. The Kier molecular flexibility index (Phi) is 5.23. The van der Waals surface area contributed by atoms with Gasteiger partial charge in [-0.05, 0) is 25.5 Å². The van der Waals surface area contributed by atoms with Crippen molar-refractivity contribution < 1.29 is 19.1 Å². The molecule has 0 spiro atoms. The number of ether oxygens (including phenoxy) is 1. The number of hydrogen-bond donors (Lipinski definition) is 0. The van der Waals surface area contributed by atoms with E-state index in [4.69, 9.17) is 4.74 Å². The fourth-order valence-electron chi connectivity index (χ4n) is 4.17. The summed E-state index contributed by atoms with van der Waals surface area (Å²) >= 11 is 1.62. The van der Waals surface area contributed by atoms with Crippen LogP contribution in [0.2, 0.25) is 0 Å². The van der Waals surface area contributed by atoms with Gasteiger partial charge < -0.3 is 19.4 Å². The molecule has 1 aromatic carbocycles. The van der Waals surface area contributed by atoms with Gasteiger partial charge in [0.15, 0.2) is 6.61 Å². The van der Waals surface area contributed by atoms with Crippen molar-refractivity contribution in [1.82, 2.24) is 9.80 Å². The molecule has 3 aliphatic heterocycles. The average molecular weight is 404 g/mol. The normalized spacial score (nSPS) is 27.1. The first-order valence-corrected chi connectivity index (χ1v) is 10.7. The number of thioether (sulfide) groups is 1. The van der Waals surface area contributed by atoms with Crippen LogP contribution in [0.5, 0.6) is 0 Å². The van der Waals surface area contributed by atoms with Gasteiger partial charge in [0.05, 0.1) is 4.87 Å². The summed E-state index contributed by atoms with van der Waals surface area (Å²) in [6.45, 7) is 4.45. The lowest BCUT2D eigenvalue weighted by atomic mass is 10.2. The van der Waals surface area contributed by atoms with E-state index < -0.39 is 12.0 Å². The molecule has 0 radical (unpaired) electrons. The number of carbonyl (C=O) groups excluding carboxylic acids is 3. The van der Waals surface area contributed by atoms with E-state index in [1.165, 1.54) is 0 Å². The van der Waals surface area contributed by atoms with Crippen molar-refractivity contribution in [3.05, 3.63) is 30.3 Å². The van der Waals surface area contributed by atoms with Crippen LogP contribution in [0.3, 0.4) is 0 Å². The minimum atomic E-state index is -0.576. The quantitative estimate of drug-likeness (QED) is 0.707. The molecule has 3 saturated heterocycles. The fourth-order valence-corrected chi connectivity index (χ4v) is 5.59. The molecule has 0 aliphatic carbocycles. The topological polar surface area (TPSA) is 70.2 Å². The number of amides is 2. The molecule has 8 heteroatoms. The van der Waals surface area contributed by atoms with Crippen LogP contribution in [-0.4, -0.2) is 77.0 Å². The summed E-state index contributed by atoms with van der Waals surface area (Å²) in [5.74, 6) is -0.117. The molecule has 28 heavy (non-hydrogen) atoms. The van der Waals surface area contributed by atoms with Crippen LogP contribution in [0.15, 0.2) is 30.3 Å². The van der Waals surface area contributed by atoms with Crippen LogP contribution >= 0.6 is 11.8 Å². The predicted octanol–water partition coefficient (Wildman–Crippen LogP) is 1.33. The molecule has 0 aromatic heterocycles. The fraction of sp³-hybridized carbons (Fsp3) is 0.550. The molecular weight excluding hydrogens is 378 g/mol. The number of benzene rings is 1. The first-order valence-electron chi connectivity index (χ1n) is 9.68. The zero-order valence-corrected chi connectivity index (χ0v) is 16.8. The van der Waals surface area contributed by atoms with Gasteiger partial charge in [0.1, 0.15) is 6.04 Å². The van der Waals surface area contributed by atoms with Crippen molar-refractivity contribution in [2.45, 2.75) is 30.7 Å². The summed E-state index contributed by atoms with van der Waals surface area (Å²) in [4.78, 5) is 42.4. The largest absolute Gasteiger partial charge is 0.454 e. The summed E-state index contributed by atoms with van der Waals surface area (Å²) in [6, 6.07) is 9.54. The Balaban J connectivity index is 1.26. The van der Waals surface area contributed by atoms with E-state index in [9.17, 15) is 14.4 Å². The Hall–Kier alpha value is -2.22. The number of carbonyl (C=O) groups is 3. The lowest BCUT2D eigenvalue weighted by Gasteiger charge is -2.36. The summed E-state index contributed by atoms with van der Waals surface area (Å²) in [5, 5.41) is 0. The molecule has 2 amide bonds. The van der Waals surface area contributed by atoms with Crippen molar-refractivity contribution >= 4 is 35.2 Å². The summed E-state index contributed by atoms with van der Waals surface area (Å²) < 4.78 is 5.30. The lowest BCUT2D eigenvalue weighted by molar-refractivity contribution is -0.158. The first kappa shape index (κ1) is 19.1. The van der Waals surface area contributed by atoms with Crippen LogP contribution in [0, 0.1) is 0 Å². The number of fused-ring (bicyclic) bond motifs is 1. The van der Waals surface area contributed by atoms with Gasteiger partial charge >= 0.3 is 5.97 Å². The molecule has 3 aliphatic rings. The van der Waals surface area contributed by atoms with Gasteiger partial charge in [0.25, 0.3) is 5.91 Å². The minimum absolute atomic E-state index is 0.00203. The average Bonchev–Trinajstić information content (AvgIpc) is 3.22. The van der Waals surface area contributed by atoms with E-state index in [0.29, 0.717) is 25.3 Å². The van der Waals surface area contributed by atoms with E-state index in [1.54, 1.807) is 21.6 Å². The number of hydrogen-bond acceptors (Lipinski definition) is 6. The zero-order chi connectivity index (χ0) is 19.7. The number of anilines is 1. The van der Waals surface area contributed by atoms with E-state index in [2.05, 4.69) is 17.0 Å². The second kappa shape index (κ2) is 7.66. The molecule has 0 N–H and O–H groups in total. The monoisotopic (exact) mass is 403 g/mol. The van der Waals surface area contributed by atoms with Gasteiger partial charge in [-0.15, -0.1) is 11.8 Å². The SMILES string of the molecule is C[C@]12CCC(=O)N1[C@@H](C(=O)OCC(=O)N1CCN(c3ccccc3)CC1)CS2. The number of piperazine rings is 1.